The summed E-state index contributed by atoms with van der Waals surface area (Å²) in [5.74, 6) is -0.699. The van der Waals surface area contributed by atoms with E-state index in [0.717, 1.165) is 36.2 Å². The van der Waals surface area contributed by atoms with E-state index in [4.69, 9.17) is 4.74 Å². The zero-order valence-electron chi connectivity index (χ0n) is 17.0. The highest BCUT2D eigenvalue weighted by atomic mass is 79.9. The number of phenolic OH excluding ortho intramolecular Hbond substituents is 1. The Balaban J connectivity index is 1.53. The van der Waals surface area contributed by atoms with Crippen molar-refractivity contribution in [1.82, 2.24) is 10.3 Å². The quantitative estimate of drug-likeness (QED) is 0.348. The van der Waals surface area contributed by atoms with E-state index in [1.165, 1.54) is 18.9 Å². The van der Waals surface area contributed by atoms with Gasteiger partial charge >= 0.3 is 0 Å². The first kappa shape index (κ1) is 22.7. The first-order valence-electron chi connectivity index (χ1n) is 9.72. The van der Waals surface area contributed by atoms with Crippen molar-refractivity contribution in [2.75, 3.05) is 20.2 Å². The summed E-state index contributed by atoms with van der Waals surface area (Å²) in [4.78, 5) is 25.2. The number of nitro benzene ring substituents is 1. The van der Waals surface area contributed by atoms with Crippen molar-refractivity contribution < 1.29 is 19.6 Å². The molecule has 0 spiro atoms. The molecule has 31 heavy (non-hydrogen) atoms. The van der Waals surface area contributed by atoms with E-state index in [1.54, 1.807) is 0 Å². The van der Waals surface area contributed by atoms with E-state index in [9.17, 15) is 20.0 Å². The molecule has 2 aromatic carbocycles. The summed E-state index contributed by atoms with van der Waals surface area (Å²) in [6.07, 6.45) is 2.60. The van der Waals surface area contributed by atoms with Crippen LogP contribution in [0.15, 0.2) is 46.0 Å². The van der Waals surface area contributed by atoms with Crippen LogP contribution in [0.3, 0.4) is 0 Å². The topological polar surface area (TPSA) is 117 Å². The van der Waals surface area contributed by atoms with Crippen LogP contribution in [-0.4, -0.2) is 47.3 Å². The highest BCUT2D eigenvalue weighted by Gasteiger charge is 2.25. The maximum absolute atomic E-state index is 12.4. The number of carbonyl (C=O) groups is 1. The second-order valence-corrected chi connectivity index (χ2v) is 8.17. The molecule has 10 heteroatoms. The zero-order valence-corrected chi connectivity index (χ0v) is 18.5. The van der Waals surface area contributed by atoms with Crippen LogP contribution in [0, 0.1) is 16.0 Å². The van der Waals surface area contributed by atoms with Gasteiger partial charge in [-0.25, -0.2) is 5.43 Å². The number of nitrogens with zero attached hydrogens (tertiary/aromatic N) is 3. The van der Waals surface area contributed by atoms with Crippen LogP contribution in [-0.2, 0) is 11.3 Å². The summed E-state index contributed by atoms with van der Waals surface area (Å²) in [5, 5.41) is 25.0. The summed E-state index contributed by atoms with van der Waals surface area (Å²) in [6, 6.07) is 10.5. The number of hydrogen-bond donors (Lipinski definition) is 2. The lowest BCUT2D eigenvalue weighted by molar-refractivity contribution is -0.385. The number of methoxy groups -OCH3 is 1. The molecule has 2 aromatic rings. The third-order valence-corrected chi connectivity index (χ3v) is 5.70. The number of phenols is 1. The Bertz CT molecular complexity index is 972. The molecule has 1 saturated heterocycles. The summed E-state index contributed by atoms with van der Waals surface area (Å²) in [6.45, 7) is 2.45. The Hall–Kier alpha value is -2.98. The number of rotatable bonds is 7. The van der Waals surface area contributed by atoms with Gasteiger partial charge in [0.15, 0.2) is 11.5 Å². The van der Waals surface area contributed by atoms with E-state index in [2.05, 4.69) is 43.5 Å². The Morgan fingerprint density at radius 1 is 1.35 bits per heavy atom. The molecule has 0 saturated carbocycles. The molecule has 0 bridgehead atoms. The van der Waals surface area contributed by atoms with E-state index in [1.807, 2.05) is 12.1 Å². The van der Waals surface area contributed by atoms with Gasteiger partial charge in [0.1, 0.15) is 0 Å². The predicted octanol–water partition coefficient (Wildman–Crippen LogP) is 3.43. The Kier molecular flexibility index (Phi) is 7.59. The lowest BCUT2D eigenvalue weighted by Crippen LogP contribution is -2.39. The number of ether oxygens (including phenoxy) is 1. The van der Waals surface area contributed by atoms with E-state index < -0.39 is 4.92 Å². The van der Waals surface area contributed by atoms with Crippen LogP contribution < -0.4 is 10.2 Å². The molecule has 1 aliphatic rings. The molecule has 1 aliphatic heterocycles. The fourth-order valence-corrected chi connectivity index (χ4v) is 3.70. The summed E-state index contributed by atoms with van der Waals surface area (Å²) in [5.41, 5.74) is 3.52. The van der Waals surface area contributed by atoms with Crippen LogP contribution in [0.2, 0.25) is 0 Å². The molecule has 3 rings (SSSR count). The Morgan fingerprint density at radius 3 is 2.65 bits per heavy atom. The molecule has 9 nitrogen and oxygen atoms in total. The average molecular weight is 491 g/mol. The zero-order chi connectivity index (χ0) is 22.4. The van der Waals surface area contributed by atoms with Crippen molar-refractivity contribution in [3.05, 3.63) is 62.1 Å². The SMILES string of the molecule is COc1cc([N+](=O)[O-])cc(/C=N/NC(=O)C2CCN(Cc3ccc(Br)cc3)CC2)c1O. The van der Waals surface area contributed by atoms with E-state index in [-0.39, 0.29) is 34.6 Å². The van der Waals surface area contributed by atoms with E-state index >= 15 is 0 Å². The van der Waals surface area contributed by atoms with Crippen LogP contribution in [0.1, 0.15) is 24.0 Å². The van der Waals surface area contributed by atoms with Crippen molar-refractivity contribution in [2.45, 2.75) is 19.4 Å². The van der Waals surface area contributed by atoms with E-state index in [0.29, 0.717) is 12.8 Å². The van der Waals surface area contributed by atoms with Crippen LogP contribution in [0.4, 0.5) is 5.69 Å². The van der Waals surface area contributed by atoms with Gasteiger partial charge in [-0.1, -0.05) is 28.1 Å². The Labute approximate surface area is 188 Å². The monoisotopic (exact) mass is 490 g/mol. The smallest absolute Gasteiger partial charge is 0.274 e. The number of benzene rings is 2. The number of halogens is 1. The van der Waals surface area contributed by atoms with Crippen LogP contribution in [0.5, 0.6) is 11.5 Å². The maximum atomic E-state index is 12.4. The lowest BCUT2D eigenvalue weighted by Gasteiger charge is -2.30. The number of non-ortho nitro benzene ring substituents is 1. The summed E-state index contributed by atoms with van der Waals surface area (Å²) >= 11 is 3.43. The molecule has 1 fully saturated rings. The Morgan fingerprint density at radius 2 is 2.03 bits per heavy atom. The largest absolute Gasteiger partial charge is 0.504 e. The second kappa shape index (κ2) is 10.4. The minimum absolute atomic E-state index is 0.0416. The fourth-order valence-electron chi connectivity index (χ4n) is 3.43. The molecule has 164 valence electrons. The molecule has 0 atom stereocenters. The first-order valence-corrected chi connectivity index (χ1v) is 10.5. The van der Waals surface area contributed by atoms with Gasteiger partial charge in [0.2, 0.25) is 5.91 Å². The normalized spacial score (nSPS) is 15.2. The number of carbonyl (C=O) groups excluding carboxylic acids is 1. The molecule has 0 unspecified atom stereocenters. The molecule has 0 aliphatic carbocycles. The van der Waals surface area contributed by atoms with Gasteiger partial charge in [-0.3, -0.25) is 19.8 Å². The number of piperidine rings is 1. The van der Waals surface area contributed by atoms with Crippen LogP contribution in [0.25, 0.3) is 0 Å². The summed E-state index contributed by atoms with van der Waals surface area (Å²) < 4.78 is 5.99. The lowest BCUT2D eigenvalue weighted by atomic mass is 9.96. The minimum atomic E-state index is -0.597. The van der Waals surface area contributed by atoms with Crippen LogP contribution >= 0.6 is 15.9 Å². The maximum Gasteiger partial charge on any atom is 0.274 e. The van der Waals surface area contributed by atoms with Gasteiger partial charge in [0.05, 0.1) is 24.3 Å². The molecule has 2 N–H and O–H groups in total. The van der Waals surface area contributed by atoms with Crippen molar-refractivity contribution in [1.29, 1.82) is 0 Å². The highest BCUT2D eigenvalue weighted by molar-refractivity contribution is 9.10. The van der Waals surface area contributed by atoms with Gasteiger partial charge in [-0.2, -0.15) is 5.10 Å². The number of likely N-dealkylation sites (tertiary alicyclic amines) is 1. The minimum Gasteiger partial charge on any atom is -0.504 e. The third kappa shape index (κ3) is 6.02. The molecule has 1 amide bonds. The predicted molar refractivity (Wildman–Crippen MR) is 119 cm³/mol. The van der Waals surface area contributed by atoms with Gasteiger partial charge < -0.3 is 9.84 Å². The number of amides is 1. The third-order valence-electron chi connectivity index (χ3n) is 5.18. The number of hydrogen-bond acceptors (Lipinski definition) is 7. The van der Waals surface area contributed by atoms with Gasteiger partial charge in [-0.05, 0) is 43.6 Å². The number of hydrazone groups is 1. The van der Waals surface area contributed by atoms with Crippen molar-refractivity contribution in [3.63, 3.8) is 0 Å². The standard InChI is InChI=1S/C21H23BrN4O5/c1-31-19-11-18(26(29)30)10-16(20(19)27)12-23-24-21(28)15-6-8-25(9-7-15)13-14-2-4-17(22)5-3-14/h2-5,10-12,15,27H,6-9,13H2,1H3,(H,24,28)/b23-12+. The first-order chi connectivity index (χ1) is 14.9. The van der Waals surface area contributed by atoms with Crippen molar-refractivity contribution in [2.24, 2.45) is 11.0 Å². The molecular weight excluding hydrogens is 468 g/mol. The van der Waals surface area contributed by atoms with Gasteiger partial charge in [0.25, 0.3) is 5.69 Å². The van der Waals surface area contributed by atoms with Gasteiger partial charge in [0, 0.05) is 28.6 Å². The van der Waals surface area contributed by atoms with Crippen molar-refractivity contribution in [3.8, 4) is 11.5 Å². The number of aromatic hydroxyl groups is 1. The molecule has 0 aromatic heterocycles. The van der Waals surface area contributed by atoms with Gasteiger partial charge in [-0.15, -0.1) is 0 Å². The number of nitro groups is 1. The summed E-state index contributed by atoms with van der Waals surface area (Å²) in [7, 11) is 1.30. The highest BCUT2D eigenvalue weighted by Crippen LogP contribution is 2.33. The molecule has 1 heterocycles. The number of nitrogens with one attached hydrogen (secondary N) is 1. The second-order valence-electron chi connectivity index (χ2n) is 7.25. The fraction of sp³-hybridized carbons (Fsp3) is 0.333. The van der Waals surface area contributed by atoms with Crippen molar-refractivity contribution >= 4 is 33.7 Å². The molecular formula is C21H23BrN4O5. The average Bonchev–Trinajstić information content (AvgIpc) is 2.76. The molecule has 0 radical (unpaired) electrons.